The van der Waals surface area contributed by atoms with Gasteiger partial charge in [-0.3, -0.25) is 9.59 Å². The van der Waals surface area contributed by atoms with Crippen molar-refractivity contribution >= 4 is 17.5 Å². The lowest BCUT2D eigenvalue weighted by atomic mass is 10.0. The van der Waals surface area contributed by atoms with E-state index in [1.165, 1.54) is 14.2 Å². The average Bonchev–Trinajstić information content (AvgIpc) is 2.73. The highest BCUT2D eigenvalue weighted by Crippen LogP contribution is 2.33. The van der Waals surface area contributed by atoms with Crippen LogP contribution in [0.1, 0.15) is 35.7 Å². The molecule has 0 radical (unpaired) electrons. The molecule has 0 fully saturated rings. The van der Waals surface area contributed by atoms with E-state index < -0.39 is 17.9 Å². The number of primary amides is 1. The predicted molar refractivity (Wildman–Crippen MR) is 114 cm³/mol. The van der Waals surface area contributed by atoms with Gasteiger partial charge >= 0.3 is 0 Å². The minimum absolute atomic E-state index is 0.313. The Kier molecular flexibility index (Phi) is 8.33. The van der Waals surface area contributed by atoms with Crippen molar-refractivity contribution in [3.63, 3.8) is 0 Å². The number of rotatable bonds is 11. The van der Waals surface area contributed by atoms with Crippen LogP contribution in [0.25, 0.3) is 0 Å². The monoisotopic (exact) mass is 399 g/mol. The Morgan fingerprint density at radius 1 is 1.07 bits per heavy atom. The van der Waals surface area contributed by atoms with E-state index in [2.05, 4.69) is 17.6 Å². The van der Waals surface area contributed by atoms with Crippen LogP contribution in [0.3, 0.4) is 0 Å². The van der Waals surface area contributed by atoms with Gasteiger partial charge < -0.3 is 25.8 Å². The van der Waals surface area contributed by atoms with Crippen molar-refractivity contribution in [3.05, 3.63) is 53.6 Å². The van der Waals surface area contributed by atoms with Gasteiger partial charge in [-0.2, -0.15) is 0 Å². The molecule has 0 saturated carbocycles. The van der Waals surface area contributed by atoms with E-state index in [0.29, 0.717) is 35.7 Å². The number of anilines is 1. The highest BCUT2D eigenvalue weighted by molar-refractivity contribution is 6.02. The largest absolute Gasteiger partial charge is 0.493 e. The fraction of sp³-hybridized carbons (Fsp3) is 0.364. The van der Waals surface area contributed by atoms with Crippen LogP contribution < -0.4 is 25.8 Å². The van der Waals surface area contributed by atoms with E-state index in [-0.39, 0.29) is 0 Å². The molecule has 1 unspecified atom stereocenters. The van der Waals surface area contributed by atoms with E-state index in [9.17, 15) is 9.59 Å². The van der Waals surface area contributed by atoms with Crippen LogP contribution >= 0.6 is 0 Å². The summed E-state index contributed by atoms with van der Waals surface area (Å²) in [7, 11) is 3.04. The van der Waals surface area contributed by atoms with Crippen LogP contribution in [-0.4, -0.2) is 38.6 Å². The van der Waals surface area contributed by atoms with Gasteiger partial charge in [0, 0.05) is 19.0 Å². The molecule has 1 atom stereocenters. The second kappa shape index (κ2) is 10.9. The molecule has 29 heavy (non-hydrogen) atoms. The number of carbonyl (C=O) groups excluding carboxylic acids is 2. The van der Waals surface area contributed by atoms with Crippen molar-refractivity contribution in [1.82, 2.24) is 5.32 Å². The number of nitrogens with one attached hydrogen (secondary N) is 2. The standard InChI is InChI=1S/C22H29N3O4/c1-4-5-11-24-17-14-20(29-3)19(28-2)13-16(17)22(27)25-18(21(23)26)12-15-9-7-6-8-10-15/h6-10,13-14,18,24H,4-5,11-12H2,1-3H3,(H2,23,26)(H,25,27). The van der Waals surface area contributed by atoms with Gasteiger partial charge in [-0.25, -0.2) is 0 Å². The summed E-state index contributed by atoms with van der Waals surface area (Å²) >= 11 is 0. The summed E-state index contributed by atoms with van der Waals surface area (Å²) in [4.78, 5) is 25.0. The maximum absolute atomic E-state index is 13.0. The number of carbonyl (C=O) groups is 2. The zero-order valence-corrected chi connectivity index (χ0v) is 17.2. The summed E-state index contributed by atoms with van der Waals surface area (Å²) in [6, 6.07) is 11.9. The molecule has 0 aliphatic heterocycles. The van der Waals surface area contributed by atoms with Crippen molar-refractivity contribution in [2.45, 2.75) is 32.2 Å². The summed E-state index contributed by atoms with van der Waals surface area (Å²) in [5, 5.41) is 6.01. The Labute approximate surface area is 171 Å². The molecule has 4 N–H and O–H groups in total. The van der Waals surface area contributed by atoms with Crippen molar-refractivity contribution in [2.75, 3.05) is 26.1 Å². The Bertz CT molecular complexity index is 824. The minimum atomic E-state index is -0.832. The van der Waals surface area contributed by atoms with Crippen molar-refractivity contribution in [1.29, 1.82) is 0 Å². The van der Waals surface area contributed by atoms with E-state index >= 15 is 0 Å². The molecule has 0 spiro atoms. The smallest absolute Gasteiger partial charge is 0.254 e. The number of unbranched alkanes of at least 4 members (excludes halogenated alkanes) is 1. The molecule has 0 aliphatic rings. The Hall–Kier alpha value is -3.22. The highest BCUT2D eigenvalue weighted by atomic mass is 16.5. The number of ether oxygens (including phenoxy) is 2. The second-order valence-corrected chi connectivity index (χ2v) is 6.65. The van der Waals surface area contributed by atoms with Gasteiger partial charge in [0.05, 0.1) is 25.5 Å². The highest BCUT2D eigenvalue weighted by Gasteiger charge is 2.23. The maximum Gasteiger partial charge on any atom is 0.254 e. The van der Waals surface area contributed by atoms with E-state index in [1.807, 2.05) is 30.3 Å². The summed E-state index contributed by atoms with van der Waals surface area (Å²) in [6.45, 7) is 2.79. The average molecular weight is 399 g/mol. The molecule has 2 rings (SSSR count). The summed E-state index contributed by atoms with van der Waals surface area (Å²) in [5.41, 5.74) is 7.41. The molecular weight excluding hydrogens is 370 g/mol. The fourth-order valence-corrected chi connectivity index (χ4v) is 2.92. The van der Waals surface area contributed by atoms with Crippen LogP contribution in [0.15, 0.2) is 42.5 Å². The molecule has 0 aromatic heterocycles. The van der Waals surface area contributed by atoms with Crippen LogP contribution in [-0.2, 0) is 11.2 Å². The first kappa shape index (κ1) is 22.1. The topological polar surface area (TPSA) is 103 Å². The Balaban J connectivity index is 2.28. The van der Waals surface area contributed by atoms with Gasteiger partial charge in [-0.1, -0.05) is 43.7 Å². The third-order valence-electron chi connectivity index (χ3n) is 4.55. The Morgan fingerprint density at radius 2 is 1.72 bits per heavy atom. The number of hydrogen-bond donors (Lipinski definition) is 3. The first-order chi connectivity index (χ1) is 14.0. The number of methoxy groups -OCH3 is 2. The van der Waals surface area contributed by atoms with Gasteiger partial charge in [0.15, 0.2) is 11.5 Å². The number of hydrogen-bond acceptors (Lipinski definition) is 5. The zero-order chi connectivity index (χ0) is 21.2. The van der Waals surface area contributed by atoms with Crippen molar-refractivity contribution in [2.24, 2.45) is 5.73 Å². The quantitative estimate of drug-likeness (QED) is 0.504. The van der Waals surface area contributed by atoms with E-state index in [4.69, 9.17) is 15.2 Å². The SMILES string of the molecule is CCCCNc1cc(OC)c(OC)cc1C(=O)NC(Cc1ccccc1)C(N)=O. The molecular formula is C22H29N3O4. The molecule has 7 heteroatoms. The summed E-state index contributed by atoms with van der Waals surface area (Å²) < 4.78 is 10.7. The minimum Gasteiger partial charge on any atom is -0.493 e. The molecule has 2 aromatic rings. The lowest BCUT2D eigenvalue weighted by Crippen LogP contribution is -2.46. The fourth-order valence-electron chi connectivity index (χ4n) is 2.92. The molecule has 0 bridgehead atoms. The van der Waals surface area contributed by atoms with Gasteiger partial charge in [-0.15, -0.1) is 0 Å². The van der Waals surface area contributed by atoms with Gasteiger partial charge in [-0.05, 0) is 18.1 Å². The first-order valence-corrected chi connectivity index (χ1v) is 9.64. The molecule has 2 amide bonds. The molecule has 0 heterocycles. The molecule has 7 nitrogen and oxygen atoms in total. The molecule has 156 valence electrons. The van der Waals surface area contributed by atoms with Crippen molar-refractivity contribution < 1.29 is 19.1 Å². The van der Waals surface area contributed by atoms with E-state index in [1.54, 1.807) is 12.1 Å². The normalized spacial score (nSPS) is 11.4. The number of benzene rings is 2. The predicted octanol–water partition coefficient (Wildman–Crippen LogP) is 2.74. The van der Waals surface area contributed by atoms with Gasteiger partial charge in [0.25, 0.3) is 5.91 Å². The van der Waals surface area contributed by atoms with Crippen LogP contribution in [0.2, 0.25) is 0 Å². The molecule has 0 saturated heterocycles. The van der Waals surface area contributed by atoms with Crippen LogP contribution in [0, 0.1) is 0 Å². The first-order valence-electron chi connectivity index (χ1n) is 9.64. The number of nitrogens with two attached hydrogens (primary N) is 1. The maximum atomic E-state index is 13.0. The molecule has 2 aromatic carbocycles. The lowest BCUT2D eigenvalue weighted by Gasteiger charge is -2.19. The van der Waals surface area contributed by atoms with E-state index in [0.717, 1.165) is 18.4 Å². The number of amides is 2. The van der Waals surface area contributed by atoms with Crippen LogP contribution in [0.4, 0.5) is 5.69 Å². The molecule has 0 aliphatic carbocycles. The second-order valence-electron chi connectivity index (χ2n) is 6.65. The third-order valence-corrected chi connectivity index (χ3v) is 4.55. The zero-order valence-electron chi connectivity index (χ0n) is 17.2. The third kappa shape index (κ3) is 6.14. The van der Waals surface area contributed by atoms with Gasteiger partial charge in [0.1, 0.15) is 6.04 Å². The summed E-state index contributed by atoms with van der Waals surface area (Å²) in [5.74, 6) is -0.0657. The van der Waals surface area contributed by atoms with Crippen LogP contribution in [0.5, 0.6) is 11.5 Å². The van der Waals surface area contributed by atoms with Crippen molar-refractivity contribution in [3.8, 4) is 11.5 Å². The van der Waals surface area contributed by atoms with Gasteiger partial charge in [0.2, 0.25) is 5.91 Å². The lowest BCUT2D eigenvalue weighted by molar-refractivity contribution is -0.119. The summed E-state index contributed by atoms with van der Waals surface area (Å²) in [6.07, 6.45) is 2.28. The Morgan fingerprint density at radius 3 is 2.31 bits per heavy atom.